The van der Waals surface area contributed by atoms with Crippen LogP contribution >= 0.6 is 0 Å². The van der Waals surface area contributed by atoms with Crippen molar-refractivity contribution in [3.63, 3.8) is 0 Å². The second kappa shape index (κ2) is 9.19. The first kappa shape index (κ1) is 20.9. The molecule has 2 fully saturated rings. The van der Waals surface area contributed by atoms with E-state index in [0.717, 1.165) is 55.5 Å². The molecule has 1 atom stereocenters. The summed E-state index contributed by atoms with van der Waals surface area (Å²) in [5, 5.41) is 16.1. The van der Waals surface area contributed by atoms with Gasteiger partial charge in [-0.15, -0.1) is 0 Å². The van der Waals surface area contributed by atoms with Crippen molar-refractivity contribution in [1.29, 1.82) is 0 Å². The molecule has 30 heavy (non-hydrogen) atoms. The van der Waals surface area contributed by atoms with Crippen LogP contribution in [0.5, 0.6) is 0 Å². The summed E-state index contributed by atoms with van der Waals surface area (Å²) in [7, 11) is 0. The van der Waals surface area contributed by atoms with Crippen molar-refractivity contribution < 1.29 is 14.7 Å². The minimum Gasteiger partial charge on any atom is -0.480 e. The van der Waals surface area contributed by atoms with Crippen LogP contribution in [-0.4, -0.2) is 46.8 Å². The Morgan fingerprint density at radius 2 is 1.67 bits per heavy atom. The number of benzene rings is 1. The number of carbonyl (C=O) groups is 2. The number of para-hydroxylation sites is 1. The zero-order valence-electron chi connectivity index (χ0n) is 17.9. The van der Waals surface area contributed by atoms with E-state index >= 15 is 0 Å². The number of fused-ring (bicyclic) bond motifs is 1. The molecule has 1 aliphatic heterocycles. The molecule has 1 heterocycles. The molecule has 0 saturated heterocycles. The molecule has 6 nitrogen and oxygen atoms in total. The molecule has 1 aromatic carbocycles. The standard InChI is InChI=1S/C24H33N3O3/c1-17-26(15-22(28)18-9-5-6-10-18)21-14-8-7-13-20(21)24(19-11-3-2-4-12-19)25-27(17)16-23(29)30/h7-8,13-14,17-19H,2-6,9-12,15-16H2,1H3,(H,29,30). The highest BCUT2D eigenvalue weighted by molar-refractivity contribution is 6.07. The maximum absolute atomic E-state index is 13.1. The molecule has 2 saturated carbocycles. The van der Waals surface area contributed by atoms with E-state index in [-0.39, 0.29) is 24.4 Å². The van der Waals surface area contributed by atoms with E-state index in [9.17, 15) is 14.7 Å². The van der Waals surface area contributed by atoms with Crippen molar-refractivity contribution in [2.75, 3.05) is 18.0 Å². The largest absolute Gasteiger partial charge is 0.480 e. The topological polar surface area (TPSA) is 73.2 Å². The predicted octanol–water partition coefficient (Wildman–Crippen LogP) is 4.28. The van der Waals surface area contributed by atoms with Gasteiger partial charge in [-0.05, 0) is 38.7 Å². The number of nitrogens with zero attached hydrogens (tertiary/aromatic N) is 3. The number of aliphatic carboxylic acids is 1. The number of hydrogen-bond acceptors (Lipinski definition) is 5. The zero-order valence-corrected chi connectivity index (χ0v) is 17.9. The summed E-state index contributed by atoms with van der Waals surface area (Å²) in [4.78, 5) is 26.8. The number of rotatable bonds is 6. The van der Waals surface area contributed by atoms with Crippen LogP contribution in [-0.2, 0) is 9.59 Å². The van der Waals surface area contributed by atoms with Crippen LogP contribution in [0.4, 0.5) is 5.69 Å². The lowest BCUT2D eigenvalue weighted by Crippen LogP contribution is -2.48. The molecule has 1 unspecified atom stereocenters. The van der Waals surface area contributed by atoms with Gasteiger partial charge in [0.1, 0.15) is 12.7 Å². The van der Waals surface area contributed by atoms with E-state index in [1.807, 2.05) is 19.1 Å². The Morgan fingerprint density at radius 3 is 2.37 bits per heavy atom. The van der Waals surface area contributed by atoms with Crippen molar-refractivity contribution >= 4 is 23.2 Å². The van der Waals surface area contributed by atoms with E-state index in [0.29, 0.717) is 12.5 Å². The number of hydrogen-bond donors (Lipinski definition) is 1. The monoisotopic (exact) mass is 411 g/mol. The molecular formula is C24H33N3O3. The number of hydrazone groups is 1. The van der Waals surface area contributed by atoms with E-state index < -0.39 is 5.97 Å². The molecule has 6 heteroatoms. The number of Topliss-reactive ketones (excluding diaryl/α,β-unsaturated/α-hetero) is 1. The fourth-order valence-electron chi connectivity index (χ4n) is 5.32. The van der Waals surface area contributed by atoms with Gasteiger partial charge < -0.3 is 10.0 Å². The molecule has 0 radical (unpaired) electrons. The van der Waals surface area contributed by atoms with Crippen LogP contribution in [0.1, 0.15) is 70.3 Å². The fourth-order valence-corrected chi connectivity index (χ4v) is 5.32. The highest BCUT2D eigenvalue weighted by Crippen LogP contribution is 2.35. The van der Waals surface area contributed by atoms with Gasteiger partial charge in [0.2, 0.25) is 0 Å². The molecular weight excluding hydrogens is 378 g/mol. The van der Waals surface area contributed by atoms with Crippen LogP contribution in [0.15, 0.2) is 29.4 Å². The van der Waals surface area contributed by atoms with Crippen molar-refractivity contribution in [1.82, 2.24) is 5.01 Å². The third-order valence-electron chi connectivity index (χ3n) is 7.03. The number of carboxylic acids is 1. The summed E-state index contributed by atoms with van der Waals surface area (Å²) in [6.07, 6.45) is 9.71. The van der Waals surface area contributed by atoms with E-state index in [2.05, 4.69) is 17.0 Å². The van der Waals surface area contributed by atoms with Gasteiger partial charge in [0.15, 0.2) is 5.78 Å². The smallest absolute Gasteiger partial charge is 0.324 e. The Hall–Kier alpha value is -2.37. The Bertz CT molecular complexity index is 810. The summed E-state index contributed by atoms with van der Waals surface area (Å²) in [5.74, 6) is -0.152. The van der Waals surface area contributed by atoms with Gasteiger partial charge in [0, 0.05) is 23.1 Å². The summed E-state index contributed by atoms with van der Waals surface area (Å²) < 4.78 is 0. The van der Waals surface area contributed by atoms with E-state index in [4.69, 9.17) is 5.10 Å². The van der Waals surface area contributed by atoms with Crippen molar-refractivity contribution in [2.24, 2.45) is 16.9 Å². The molecule has 1 aromatic rings. The van der Waals surface area contributed by atoms with Crippen LogP contribution in [0.25, 0.3) is 0 Å². The average molecular weight is 412 g/mol. The molecule has 0 aromatic heterocycles. The third-order valence-corrected chi connectivity index (χ3v) is 7.03. The van der Waals surface area contributed by atoms with Gasteiger partial charge >= 0.3 is 5.97 Å². The Morgan fingerprint density at radius 1 is 1.00 bits per heavy atom. The second-order valence-electron chi connectivity index (χ2n) is 9.04. The quantitative estimate of drug-likeness (QED) is 0.756. The van der Waals surface area contributed by atoms with Crippen molar-refractivity contribution in [2.45, 2.75) is 70.9 Å². The average Bonchev–Trinajstić information content (AvgIpc) is 3.27. The highest BCUT2D eigenvalue weighted by atomic mass is 16.4. The fraction of sp³-hybridized carbons (Fsp3) is 0.625. The normalized spacial score (nSPS) is 23.1. The molecule has 162 valence electrons. The Kier molecular flexibility index (Phi) is 6.40. The number of anilines is 1. The molecule has 2 aliphatic carbocycles. The lowest BCUT2D eigenvalue weighted by atomic mass is 9.83. The van der Waals surface area contributed by atoms with E-state index in [1.165, 1.54) is 19.3 Å². The number of carbonyl (C=O) groups excluding carboxylic acids is 1. The van der Waals surface area contributed by atoms with Crippen molar-refractivity contribution in [3.05, 3.63) is 29.8 Å². The second-order valence-corrected chi connectivity index (χ2v) is 9.04. The SMILES string of the molecule is CC1N(CC(=O)O)N=C(C2CCCCC2)c2ccccc2N1CC(=O)C1CCCC1. The van der Waals surface area contributed by atoms with Gasteiger partial charge in [-0.1, -0.05) is 50.3 Å². The van der Waals surface area contributed by atoms with Crippen LogP contribution in [0, 0.1) is 11.8 Å². The predicted molar refractivity (Wildman–Crippen MR) is 118 cm³/mol. The highest BCUT2D eigenvalue weighted by Gasteiger charge is 2.34. The minimum absolute atomic E-state index is 0.138. The van der Waals surface area contributed by atoms with E-state index in [1.54, 1.807) is 5.01 Å². The molecule has 1 N–H and O–H groups in total. The first-order valence-corrected chi connectivity index (χ1v) is 11.5. The lowest BCUT2D eigenvalue weighted by molar-refractivity contribution is -0.138. The Labute approximate surface area is 178 Å². The maximum atomic E-state index is 13.1. The van der Waals surface area contributed by atoms with Gasteiger partial charge in [-0.3, -0.25) is 14.6 Å². The zero-order chi connectivity index (χ0) is 21.1. The lowest BCUT2D eigenvalue weighted by Gasteiger charge is -2.35. The van der Waals surface area contributed by atoms with Crippen molar-refractivity contribution in [3.8, 4) is 0 Å². The third kappa shape index (κ3) is 4.37. The Balaban J connectivity index is 1.72. The molecule has 0 amide bonds. The number of ketones is 1. The molecule has 4 rings (SSSR count). The summed E-state index contributed by atoms with van der Waals surface area (Å²) in [5.41, 5.74) is 3.06. The molecule has 0 bridgehead atoms. The van der Waals surface area contributed by atoms with Gasteiger partial charge in [0.05, 0.1) is 12.3 Å². The van der Waals surface area contributed by atoms with Crippen LogP contribution in [0.2, 0.25) is 0 Å². The van der Waals surface area contributed by atoms with Gasteiger partial charge in [0.25, 0.3) is 0 Å². The maximum Gasteiger partial charge on any atom is 0.324 e. The van der Waals surface area contributed by atoms with Crippen LogP contribution in [0.3, 0.4) is 0 Å². The van der Waals surface area contributed by atoms with Gasteiger partial charge in [-0.2, -0.15) is 5.10 Å². The van der Waals surface area contributed by atoms with Crippen LogP contribution < -0.4 is 4.90 Å². The van der Waals surface area contributed by atoms with Gasteiger partial charge in [-0.25, -0.2) is 0 Å². The first-order valence-electron chi connectivity index (χ1n) is 11.5. The number of carboxylic acid groups (broad SMARTS) is 1. The molecule has 3 aliphatic rings. The minimum atomic E-state index is -0.901. The summed E-state index contributed by atoms with van der Waals surface area (Å²) >= 11 is 0. The first-order chi connectivity index (χ1) is 14.5. The molecule has 0 spiro atoms. The summed E-state index contributed by atoms with van der Waals surface area (Å²) in [6.45, 7) is 2.11. The summed E-state index contributed by atoms with van der Waals surface area (Å²) in [6, 6.07) is 8.18.